The topological polar surface area (TPSA) is 89.7 Å². The van der Waals surface area contributed by atoms with Crippen molar-refractivity contribution in [3.05, 3.63) is 28.8 Å². The van der Waals surface area contributed by atoms with Gasteiger partial charge in [-0.15, -0.1) is 0 Å². The summed E-state index contributed by atoms with van der Waals surface area (Å²) in [5.74, 6) is -0.214. The zero-order valence-electron chi connectivity index (χ0n) is 12.3. The maximum Gasteiger partial charge on any atom is 0.256 e. The number of amides is 1. The van der Waals surface area contributed by atoms with Gasteiger partial charge in [-0.1, -0.05) is 11.6 Å². The smallest absolute Gasteiger partial charge is 0.256 e. The van der Waals surface area contributed by atoms with Gasteiger partial charge in [0, 0.05) is 30.4 Å². The molecule has 1 heterocycles. The molecule has 2 N–H and O–H groups in total. The summed E-state index contributed by atoms with van der Waals surface area (Å²) in [5, 5.41) is 0.445. The summed E-state index contributed by atoms with van der Waals surface area (Å²) in [5.41, 5.74) is 6.46. The molecule has 22 heavy (non-hydrogen) atoms. The predicted molar refractivity (Wildman–Crippen MR) is 85.8 cm³/mol. The molecule has 1 aromatic carbocycles. The second-order valence-electron chi connectivity index (χ2n) is 5.28. The average Bonchev–Trinajstić information content (AvgIpc) is 2.79. The Bertz CT molecular complexity index is 663. The molecule has 0 radical (unpaired) electrons. The van der Waals surface area contributed by atoms with E-state index in [1.807, 2.05) is 0 Å². The fraction of sp³-hybridized carbons (Fsp3) is 0.500. The van der Waals surface area contributed by atoms with Crippen LogP contribution in [0.1, 0.15) is 16.8 Å². The zero-order chi connectivity index (χ0) is 16.3. The number of sulfone groups is 1. The van der Waals surface area contributed by atoms with E-state index in [-0.39, 0.29) is 29.1 Å². The van der Waals surface area contributed by atoms with Gasteiger partial charge in [-0.3, -0.25) is 4.79 Å². The van der Waals surface area contributed by atoms with Crippen molar-refractivity contribution >= 4 is 33.0 Å². The number of halogens is 1. The third-order valence-corrected chi connectivity index (χ3v) is 5.68. The molecule has 1 aromatic rings. The number of anilines is 1. The van der Waals surface area contributed by atoms with Crippen LogP contribution >= 0.6 is 11.6 Å². The quantitative estimate of drug-likeness (QED) is 0.809. The predicted octanol–water partition coefficient (Wildman–Crippen LogP) is 1.20. The molecule has 2 rings (SSSR count). The minimum absolute atomic E-state index is 0.0179. The van der Waals surface area contributed by atoms with Crippen molar-refractivity contribution in [1.29, 1.82) is 0 Å². The van der Waals surface area contributed by atoms with Crippen LogP contribution in [-0.4, -0.2) is 57.0 Å². The molecule has 0 spiro atoms. The molecule has 1 fully saturated rings. The number of carbonyl (C=O) groups is 1. The van der Waals surface area contributed by atoms with Gasteiger partial charge in [0.1, 0.15) is 0 Å². The number of rotatable bonds is 5. The van der Waals surface area contributed by atoms with Gasteiger partial charge in [0.05, 0.1) is 23.7 Å². The monoisotopic (exact) mass is 346 g/mol. The highest BCUT2D eigenvalue weighted by Gasteiger charge is 2.35. The first-order valence-electron chi connectivity index (χ1n) is 6.89. The molecule has 0 aliphatic carbocycles. The third kappa shape index (κ3) is 3.91. The van der Waals surface area contributed by atoms with E-state index in [9.17, 15) is 13.2 Å². The lowest BCUT2D eigenvalue weighted by Crippen LogP contribution is -2.43. The minimum atomic E-state index is -3.09. The number of ether oxygens (including phenoxy) is 1. The summed E-state index contributed by atoms with van der Waals surface area (Å²) in [4.78, 5) is 14.3. The van der Waals surface area contributed by atoms with Gasteiger partial charge in [-0.25, -0.2) is 8.42 Å². The van der Waals surface area contributed by atoms with E-state index >= 15 is 0 Å². The van der Waals surface area contributed by atoms with E-state index in [0.717, 1.165) is 0 Å². The first-order chi connectivity index (χ1) is 10.3. The first kappa shape index (κ1) is 17.1. The summed E-state index contributed by atoms with van der Waals surface area (Å²) in [6.45, 7) is 0.646. The Hall–Kier alpha value is -1.31. The van der Waals surface area contributed by atoms with Gasteiger partial charge < -0.3 is 15.4 Å². The van der Waals surface area contributed by atoms with E-state index < -0.39 is 9.84 Å². The van der Waals surface area contributed by atoms with Gasteiger partial charge >= 0.3 is 0 Å². The van der Waals surface area contributed by atoms with E-state index in [1.54, 1.807) is 12.1 Å². The van der Waals surface area contributed by atoms with Crippen molar-refractivity contribution in [2.75, 3.05) is 37.5 Å². The molecule has 1 aliphatic rings. The Kier molecular flexibility index (Phi) is 5.31. The van der Waals surface area contributed by atoms with Crippen LogP contribution < -0.4 is 5.73 Å². The van der Waals surface area contributed by atoms with Gasteiger partial charge in [-0.2, -0.15) is 0 Å². The molecular formula is C14H19ClN2O4S. The molecule has 0 aromatic heterocycles. The molecule has 1 amide bonds. The highest BCUT2D eigenvalue weighted by molar-refractivity contribution is 7.91. The second kappa shape index (κ2) is 6.85. The highest BCUT2D eigenvalue weighted by Crippen LogP contribution is 2.24. The van der Waals surface area contributed by atoms with Crippen LogP contribution in [-0.2, 0) is 14.6 Å². The van der Waals surface area contributed by atoms with Gasteiger partial charge in [0.2, 0.25) is 0 Å². The summed E-state index contributed by atoms with van der Waals surface area (Å²) in [7, 11) is -1.55. The molecule has 1 unspecified atom stereocenters. The van der Waals surface area contributed by atoms with E-state index in [1.165, 1.54) is 18.1 Å². The van der Waals surface area contributed by atoms with Crippen molar-refractivity contribution < 1.29 is 17.9 Å². The number of nitrogen functional groups attached to an aromatic ring is 1. The molecule has 8 heteroatoms. The standard InChI is InChI=1S/C14H19ClN2O4S/c1-21-6-5-17(11-4-7-22(19,20)9-11)14(18)12-3-2-10(15)8-13(12)16/h2-3,8,11H,4-7,9,16H2,1H3. The Morgan fingerprint density at radius 1 is 1.50 bits per heavy atom. The average molecular weight is 347 g/mol. The Balaban J connectivity index is 2.26. The summed E-state index contributed by atoms with van der Waals surface area (Å²) >= 11 is 5.85. The second-order valence-corrected chi connectivity index (χ2v) is 7.94. The van der Waals surface area contributed by atoms with Gasteiger partial charge in [-0.05, 0) is 24.6 Å². The number of carbonyl (C=O) groups excluding carboxylic acids is 1. The molecule has 1 saturated heterocycles. The van der Waals surface area contributed by atoms with Crippen molar-refractivity contribution in [2.45, 2.75) is 12.5 Å². The van der Waals surface area contributed by atoms with Crippen molar-refractivity contribution in [2.24, 2.45) is 0 Å². The molecule has 122 valence electrons. The Morgan fingerprint density at radius 2 is 2.23 bits per heavy atom. The van der Waals surface area contributed by atoms with Crippen LogP contribution in [0.25, 0.3) is 0 Å². The summed E-state index contributed by atoms with van der Waals surface area (Å²) < 4.78 is 28.4. The van der Waals surface area contributed by atoms with E-state index in [0.29, 0.717) is 30.2 Å². The highest BCUT2D eigenvalue weighted by atomic mass is 35.5. The van der Waals surface area contributed by atoms with Crippen LogP contribution in [0.3, 0.4) is 0 Å². The molecule has 0 saturated carbocycles. The fourth-order valence-corrected chi connectivity index (χ4v) is 4.46. The minimum Gasteiger partial charge on any atom is -0.398 e. The number of hydrogen-bond donors (Lipinski definition) is 1. The number of hydrogen-bond acceptors (Lipinski definition) is 5. The van der Waals surface area contributed by atoms with Crippen LogP contribution in [0.5, 0.6) is 0 Å². The Morgan fingerprint density at radius 3 is 2.77 bits per heavy atom. The van der Waals surface area contributed by atoms with Crippen molar-refractivity contribution in [1.82, 2.24) is 4.90 Å². The zero-order valence-corrected chi connectivity index (χ0v) is 13.9. The first-order valence-corrected chi connectivity index (χ1v) is 9.09. The lowest BCUT2D eigenvalue weighted by Gasteiger charge is -2.28. The molecule has 0 bridgehead atoms. The molecular weight excluding hydrogens is 328 g/mol. The third-order valence-electron chi connectivity index (χ3n) is 3.69. The van der Waals surface area contributed by atoms with Crippen LogP contribution in [0.2, 0.25) is 5.02 Å². The van der Waals surface area contributed by atoms with Gasteiger partial charge in [0.25, 0.3) is 5.91 Å². The van der Waals surface area contributed by atoms with Crippen LogP contribution in [0.15, 0.2) is 18.2 Å². The van der Waals surface area contributed by atoms with E-state index in [4.69, 9.17) is 22.1 Å². The fourth-order valence-electron chi connectivity index (χ4n) is 2.54. The maximum absolute atomic E-state index is 12.7. The lowest BCUT2D eigenvalue weighted by atomic mass is 10.1. The number of nitrogens with zero attached hydrogens (tertiary/aromatic N) is 1. The number of benzene rings is 1. The summed E-state index contributed by atoms with van der Waals surface area (Å²) in [6.07, 6.45) is 0.436. The normalized spacial score (nSPS) is 20.0. The van der Waals surface area contributed by atoms with Gasteiger partial charge in [0.15, 0.2) is 9.84 Å². The Labute approximate surface area is 135 Å². The number of methoxy groups -OCH3 is 1. The molecule has 1 aliphatic heterocycles. The summed E-state index contributed by atoms with van der Waals surface area (Å²) in [6, 6.07) is 4.31. The van der Waals surface area contributed by atoms with Crippen LogP contribution in [0.4, 0.5) is 5.69 Å². The van der Waals surface area contributed by atoms with E-state index in [2.05, 4.69) is 0 Å². The lowest BCUT2D eigenvalue weighted by molar-refractivity contribution is 0.0625. The maximum atomic E-state index is 12.7. The number of nitrogens with two attached hydrogens (primary N) is 1. The van der Waals surface area contributed by atoms with Crippen molar-refractivity contribution in [3.8, 4) is 0 Å². The largest absolute Gasteiger partial charge is 0.398 e. The molecule has 6 nitrogen and oxygen atoms in total. The van der Waals surface area contributed by atoms with Crippen molar-refractivity contribution in [3.63, 3.8) is 0 Å². The van der Waals surface area contributed by atoms with Crippen LogP contribution in [0, 0.1) is 0 Å². The molecule has 1 atom stereocenters. The SMILES string of the molecule is COCCN(C(=O)c1ccc(Cl)cc1N)C1CCS(=O)(=O)C1.